The zero-order chi connectivity index (χ0) is 22.2. The van der Waals surface area contributed by atoms with E-state index < -0.39 is 6.04 Å². The molecular formula is C25H31IN2O3. The number of benzene rings is 2. The van der Waals surface area contributed by atoms with Crippen molar-refractivity contribution in [2.24, 2.45) is 0 Å². The van der Waals surface area contributed by atoms with Gasteiger partial charge in [0.15, 0.2) is 6.61 Å². The summed E-state index contributed by atoms with van der Waals surface area (Å²) in [5.74, 6) is 0.343. The SMILES string of the molecule is Cc1ccc(CN(C(=O)COc2ccc(I)cc2)[C@@H](C)C(=O)NC2CCCCC2)cc1. The van der Waals surface area contributed by atoms with Crippen LogP contribution >= 0.6 is 22.6 Å². The highest BCUT2D eigenvalue weighted by molar-refractivity contribution is 14.1. The lowest BCUT2D eigenvalue weighted by atomic mass is 9.95. The lowest BCUT2D eigenvalue weighted by Crippen LogP contribution is -2.51. The smallest absolute Gasteiger partial charge is 0.261 e. The number of carbonyl (C=O) groups excluding carboxylic acids is 2. The van der Waals surface area contributed by atoms with E-state index >= 15 is 0 Å². The lowest BCUT2D eigenvalue weighted by Gasteiger charge is -2.31. The first-order chi connectivity index (χ1) is 14.9. The summed E-state index contributed by atoms with van der Waals surface area (Å²) in [6.45, 7) is 4.10. The largest absolute Gasteiger partial charge is 0.484 e. The molecule has 31 heavy (non-hydrogen) atoms. The van der Waals surface area contributed by atoms with Gasteiger partial charge in [-0.2, -0.15) is 0 Å². The third-order valence-corrected chi connectivity index (χ3v) is 6.49. The van der Waals surface area contributed by atoms with Gasteiger partial charge in [0.25, 0.3) is 5.91 Å². The number of amides is 2. The monoisotopic (exact) mass is 534 g/mol. The molecule has 0 radical (unpaired) electrons. The van der Waals surface area contributed by atoms with Gasteiger partial charge < -0.3 is 15.0 Å². The Morgan fingerprint density at radius 1 is 1.06 bits per heavy atom. The van der Waals surface area contributed by atoms with Crippen LogP contribution in [0.1, 0.15) is 50.2 Å². The van der Waals surface area contributed by atoms with Crippen molar-refractivity contribution in [1.82, 2.24) is 10.2 Å². The number of carbonyl (C=O) groups is 2. The zero-order valence-corrected chi connectivity index (χ0v) is 20.4. The molecule has 166 valence electrons. The number of halogens is 1. The molecule has 1 saturated carbocycles. The summed E-state index contributed by atoms with van der Waals surface area (Å²) in [5.41, 5.74) is 2.15. The highest BCUT2D eigenvalue weighted by Crippen LogP contribution is 2.19. The molecule has 6 heteroatoms. The molecule has 0 heterocycles. The van der Waals surface area contributed by atoms with Crippen LogP contribution in [0.3, 0.4) is 0 Å². The minimum atomic E-state index is -0.573. The van der Waals surface area contributed by atoms with Crippen LogP contribution in [0.25, 0.3) is 0 Å². The van der Waals surface area contributed by atoms with Gasteiger partial charge in [-0.3, -0.25) is 9.59 Å². The van der Waals surface area contributed by atoms with Crippen LogP contribution in [0, 0.1) is 10.5 Å². The minimum Gasteiger partial charge on any atom is -0.484 e. The molecule has 2 aromatic carbocycles. The van der Waals surface area contributed by atoms with Gasteiger partial charge in [0, 0.05) is 16.2 Å². The summed E-state index contributed by atoms with van der Waals surface area (Å²) in [5, 5.41) is 3.15. The van der Waals surface area contributed by atoms with Crippen LogP contribution in [-0.2, 0) is 16.1 Å². The van der Waals surface area contributed by atoms with Gasteiger partial charge in [-0.25, -0.2) is 0 Å². The van der Waals surface area contributed by atoms with Gasteiger partial charge in [0.1, 0.15) is 11.8 Å². The molecular weight excluding hydrogens is 503 g/mol. The van der Waals surface area contributed by atoms with E-state index in [0.717, 1.165) is 40.4 Å². The summed E-state index contributed by atoms with van der Waals surface area (Å²) in [6.07, 6.45) is 5.56. The quantitative estimate of drug-likeness (QED) is 0.493. The number of nitrogens with zero attached hydrogens (tertiary/aromatic N) is 1. The lowest BCUT2D eigenvalue weighted by molar-refractivity contribution is -0.142. The second kappa shape index (κ2) is 11.5. The predicted octanol–water partition coefficient (Wildman–Crippen LogP) is 4.84. The second-order valence-corrected chi connectivity index (χ2v) is 9.51. The van der Waals surface area contributed by atoms with Gasteiger partial charge in [-0.1, -0.05) is 49.1 Å². The van der Waals surface area contributed by atoms with Crippen LogP contribution < -0.4 is 10.1 Å². The summed E-state index contributed by atoms with van der Waals surface area (Å²) >= 11 is 2.23. The predicted molar refractivity (Wildman–Crippen MR) is 131 cm³/mol. The van der Waals surface area contributed by atoms with Crippen molar-refractivity contribution in [3.8, 4) is 5.75 Å². The van der Waals surface area contributed by atoms with E-state index in [1.165, 1.54) is 6.42 Å². The molecule has 0 saturated heterocycles. The Morgan fingerprint density at radius 2 is 1.71 bits per heavy atom. The van der Waals surface area contributed by atoms with E-state index in [9.17, 15) is 9.59 Å². The Labute approximate surface area is 198 Å². The van der Waals surface area contributed by atoms with Gasteiger partial charge in [-0.15, -0.1) is 0 Å². The highest BCUT2D eigenvalue weighted by Gasteiger charge is 2.28. The number of hydrogen-bond donors (Lipinski definition) is 1. The third kappa shape index (κ3) is 7.23. The fourth-order valence-corrected chi connectivity index (χ4v) is 4.16. The van der Waals surface area contributed by atoms with Crippen LogP contribution in [0.15, 0.2) is 48.5 Å². The van der Waals surface area contributed by atoms with E-state index in [0.29, 0.717) is 12.3 Å². The van der Waals surface area contributed by atoms with Crippen molar-refractivity contribution in [1.29, 1.82) is 0 Å². The Morgan fingerprint density at radius 3 is 2.35 bits per heavy atom. The Bertz CT molecular complexity index is 861. The highest BCUT2D eigenvalue weighted by atomic mass is 127. The molecule has 5 nitrogen and oxygen atoms in total. The molecule has 2 amide bonds. The van der Waals surface area contributed by atoms with E-state index in [1.54, 1.807) is 11.8 Å². The number of nitrogens with one attached hydrogen (secondary N) is 1. The van der Waals surface area contributed by atoms with E-state index in [4.69, 9.17) is 4.74 Å². The zero-order valence-electron chi connectivity index (χ0n) is 18.3. The fraction of sp³-hybridized carbons (Fsp3) is 0.440. The Hall–Kier alpha value is -2.09. The Balaban J connectivity index is 1.69. The maximum atomic E-state index is 13.1. The van der Waals surface area contributed by atoms with E-state index in [1.807, 2.05) is 55.5 Å². The molecule has 0 aliphatic heterocycles. The first-order valence-electron chi connectivity index (χ1n) is 11.0. The number of ether oxygens (including phenoxy) is 1. The summed E-state index contributed by atoms with van der Waals surface area (Å²) in [7, 11) is 0. The summed E-state index contributed by atoms with van der Waals surface area (Å²) < 4.78 is 6.82. The van der Waals surface area contributed by atoms with Crippen LogP contribution in [-0.4, -0.2) is 35.4 Å². The first-order valence-corrected chi connectivity index (χ1v) is 12.0. The summed E-state index contributed by atoms with van der Waals surface area (Å²) in [4.78, 5) is 27.7. The molecule has 0 spiro atoms. The molecule has 1 N–H and O–H groups in total. The number of rotatable bonds is 8. The van der Waals surface area contributed by atoms with Gasteiger partial charge in [0.05, 0.1) is 0 Å². The second-order valence-electron chi connectivity index (χ2n) is 8.27. The van der Waals surface area contributed by atoms with Crippen molar-refractivity contribution in [3.05, 3.63) is 63.2 Å². The average Bonchev–Trinajstić information content (AvgIpc) is 2.78. The maximum absolute atomic E-state index is 13.1. The average molecular weight is 534 g/mol. The maximum Gasteiger partial charge on any atom is 0.261 e. The number of aryl methyl sites for hydroxylation is 1. The van der Waals surface area contributed by atoms with Crippen LogP contribution in [0.2, 0.25) is 0 Å². The van der Waals surface area contributed by atoms with E-state index in [-0.39, 0.29) is 24.5 Å². The standard InChI is InChI=1S/C25H31IN2O3/c1-18-8-10-20(11-9-18)16-28(19(2)25(30)27-22-6-4-3-5-7-22)24(29)17-31-23-14-12-21(26)13-15-23/h8-15,19,22H,3-7,16-17H2,1-2H3,(H,27,30)/t19-/m0/s1. The number of hydrogen-bond acceptors (Lipinski definition) is 3. The van der Waals surface area contributed by atoms with Gasteiger partial charge in [0.2, 0.25) is 5.91 Å². The van der Waals surface area contributed by atoms with Crippen molar-refractivity contribution < 1.29 is 14.3 Å². The minimum absolute atomic E-state index is 0.0957. The molecule has 0 unspecified atom stereocenters. The molecule has 0 bridgehead atoms. The molecule has 1 atom stereocenters. The topological polar surface area (TPSA) is 58.6 Å². The van der Waals surface area contributed by atoms with Crippen LogP contribution in [0.5, 0.6) is 5.75 Å². The normalized spacial score (nSPS) is 15.2. The Kier molecular flexibility index (Phi) is 8.75. The van der Waals surface area contributed by atoms with Crippen molar-refractivity contribution in [2.75, 3.05) is 6.61 Å². The third-order valence-electron chi connectivity index (χ3n) is 5.77. The molecule has 1 aliphatic carbocycles. The van der Waals surface area contributed by atoms with Crippen molar-refractivity contribution in [3.63, 3.8) is 0 Å². The van der Waals surface area contributed by atoms with Gasteiger partial charge in [-0.05, 0) is 79.1 Å². The van der Waals surface area contributed by atoms with Crippen molar-refractivity contribution in [2.45, 2.75) is 64.6 Å². The van der Waals surface area contributed by atoms with Crippen LogP contribution in [0.4, 0.5) is 0 Å². The first kappa shape index (κ1) is 23.6. The van der Waals surface area contributed by atoms with Crippen molar-refractivity contribution >= 4 is 34.4 Å². The van der Waals surface area contributed by atoms with Gasteiger partial charge >= 0.3 is 0 Å². The van der Waals surface area contributed by atoms with E-state index in [2.05, 4.69) is 27.9 Å². The molecule has 2 aromatic rings. The molecule has 1 fully saturated rings. The molecule has 0 aromatic heterocycles. The molecule has 1 aliphatic rings. The molecule has 3 rings (SSSR count). The fourth-order valence-electron chi connectivity index (χ4n) is 3.80. The summed E-state index contributed by atoms with van der Waals surface area (Å²) in [6, 6.07) is 15.2.